The molecule has 1 N–H and O–H groups in total. The Balaban J connectivity index is 2.56. The van der Waals surface area contributed by atoms with Gasteiger partial charge in [-0.15, -0.1) is 0 Å². The van der Waals surface area contributed by atoms with Crippen molar-refractivity contribution in [3.8, 4) is 5.75 Å². The van der Waals surface area contributed by atoms with Crippen LogP contribution in [-0.4, -0.2) is 18.6 Å². The van der Waals surface area contributed by atoms with Gasteiger partial charge in [-0.3, -0.25) is 4.98 Å². The second-order valence-corrected chi connectivity index (χ2v) is 5.03. The Kier molecular flexibility index (Phi) is 5.24. The Morgan fingerprint density at radius 1 is 1.20 bits per heavy atom. The lowest BCUT2D eigenvalue weighted by Gasteiger charge is -2.22. The molecule has 3 nitrogen and oxygen atoms in total. The summed E-state index contributed by atoms with van der Waals surface area (Å²) in [4.78, 5) is 4.42. The number of rotatable bonds is 5. The molecule has 1 atom stereocenters. The first-order chi connectivity index (χ1) is 9.69. The maximum absolute atomic E-state index is 6.31. The minimum absolute atomic E-state index is 0.211. The molecule has 1 aromatic heterocycles. The highest BCUT2D eigenvalue weighted by atomic mass is 35.5. The van der Waals surface area contributed by atoms with E-state index in [1.165, 1.54) is 0 Å². The number of methoxy groups -OCH3 is 1. The van der Waals surface area contributed by atoms with Gasteiger partial charge < -0.3 is 10.1 Å². The zero-order chi connectivity index (χ0) is 14.5. The average Bonchev–Trinajstić information content (AvgIpc) is 2.46. The third-order valence-electron chi connectivity index (χ3n) is 2.99. The molecule has 20 heavy (non-hydrogen) atoms. The zero-order valence-electron chi connectivity index (χ0n) is 11.4. The van der Waals surface area contributed by atoms with E-state index in [-0.39, 0.29) is 6.04 Å². The molecule has 2 rings (SSSR count). The van der Waals surface area contributed by atoms with Crippen LogP contribution in [0.4, 0.5) is 0 Å². The molecule has 0 spiro atoms. The van der Waals surface area contributed by atoms with Gasteiger partial charge in [0.1, 0.15) is 11.4 Å². The lowest BCUT2D eigenvalue weighted by Crippen LogP contribution is -2.24. The number of benzene rings is 1. The molecule has 0 amide bonds. The summed E-state index contributed by atoms with van der Waals surface area (Å²) in [6.45, 7) is 2.78. The van der Waals surface area contributed by atoms with Crippen LogP contribution >= 0.6 is 23.2 Å². The minimum atomic E-state index is -0.211. The van der Waals surface area contributed by atoms with Crippen molar-refractivity contribution in [2.45, 2.75) is 13.0 Å². The van der Waals surface area contributed by atoms with Gasteiger partial charge in [-0.2, -0.15) is 0 Å². The molecule has 0 aliphatic heterocycles. The van der Waals surface area contributed by atoms with E-state index in [0.29, 0.717) is 15.8 Å². The molecule has 0 saturated carbocycles. The van der Waals surface area contributed by atoms with Crippen LogP contribution in [0.1, 0.15) is 24.2 Å². The van der Waals surface area contributed by atoms with Gasteiger partial charge in [-0.05, 0) is 30.8 Å². The molecule has 0 saturated heterocycles. The Morgan fingerprint density at radius 3 is 2.50 bits per heavy atom. The van der Waals surface area contributed by atoms with E-state index in [2.05, 4.69) is 10.3 Å². The van der Waals surface area contributed by atoms with Crippen LogP contribution in [0.25, 0.3) is 0 Å². The van der Waals surface area contributed by atoms with E-state index in [4.69, 9.17) is 27.9 Å². The van der Waals surface area contributed by atoms with E-state index in [1.807, 2.05) is 37.3 Å². The standard InChI is InChI=1S/C15H16Cl2N2O/c1-3-18-15(13-10(16)6-4-7-11(13)17)14-12(20-2)8-5-9-19-14/h4-9,15,18H,3H2,1-2H3. The van der Waals surface area contributed by atoms with Crippen molar-refractivity contribution in [3.63, 3.8) is 0 Å². The highest BCUT2D eigenvalue weighted by Crippen LogP contribution is 2.36. The maximum Gasteiger partial charge on any atom is 0.142 e. The summed E-state index contributed by atoms with van der Waals surface area (Å²) in [5.41, 5.74) is 1.58. The van der Waals surface area contributed by atoms with E-state index in [9.17, 15) is 0 Å². The van der Waals surface area contributed by atoms with Gasteiger partial charge in [-0.1, -0.05) is 36.2 Å². The fourth-order valence-corrected chi connectivity index (χ4v) is 2.73. The van der Waals surface area contributed by atoms with Gasteiger partial charge in [0.05, 0.1) is 13.2 Å². The predicted octanol–water partition coefficient (Wildman–Crippen LogP) is 4.10. The van der Waals surface area contributed by atoms with Gasteiger partial charge in [0.15, 0.2) is 0 Å². The fourth-order valence-electron chi connectivity index (χ4n) is 2.12. The van der Waals surface area contributed by atoms with Crippen LogP contribution in [0, 0.1) is 0 Å². The average molecular weight is 311 g/mol. The SMILES string of the molecule is CCNC(c1ncccc1OC)c1c(Cl)cccc1Cl. The van der Waals surface area contributed by atoms with Gasteiger partial charge in [0, 0.05) is 21.8 Å². The zero-order valence-corrected chi connectivity index (χ0v) is 12.9. The minimum Gasteiger partial charge on any atom is -0.495 e. The molecule has 1 aromatic carbocycles. The molecular weight excluding hydrogens is 295 g/mol. The normalized spacial score (nSPS) is 12.2. The third-order valence-corrected chi connectivity index (χ3v) is 3.65. The first-order valence-corrected chi connectivity index (χ1v) is 7.10. The summed E-state index contributed by atoms with van der Waals surface area (Å²) in [5.74, 6) is 0.703. The number of pyridine rings is 1. The van der Waals surface area contributed by atoms with Crippen LogP contribution in [0.3, 0.4) is 0 Å². The predicted molar refractivity (Wildman–Crippen MR) is 82.8 cm³/mol. The molecule has 0 aliphatic carbocycles. The summed E-state index contributed by atoms with van der Waals surface area (Å²) in [6, 6.07) is 8.96. The van der Waals surface area contributed by atoms with Crippen molar-refractivity contribution < 1.29 is 4.74 Å². The molecule has 0 bridgehead atoms. The van der Waals surface area contributed by atoms with Crippen LogP contribution in [0.5, 0.6) is 5.75 Å². The largest absolute Gasteiger partial charge is 0.495 e. The summed E-state index contributed by atoms with van der Waals surface area (Å²) in [7, 11) is 1.62. The Hall–Kier alpha value is -1.29. The Labute approximate surface area is 128 Å². The van der Waals surface area contributed by atoms with Crippen LogP contribution < -0.4 is 10.1 Å². The Bertz CT molecular complexity index is 570. The molecule has 0 fully saturated rings. The number of hydrogen-bond acceptors (Lipinski definition) is 3. The first-order valence-electron chi connectivity index (χ1n) is 6.35. The summed E-state index contributed by atoms with van der Waals surface area (Å²) >= 11 is 12.6. The van der Waals surface area contributed by atoms with Crippen LogP contribution in [0.15, 0.2) is 36.5 Å². The quantitative estimate of drug-likeness (QED) is 0.903. The molecular formula is C15H16Cl2N2O. The van der Waals surface area contributed by atoms with E-state index < -0.39 is 0 Å². The smallest absolute Gasteiger partial charge is 0.142 e. The van der Waals surface area contributed by atoms with Crippen molar-refractivity contribution in [3.05, 3.63) is 57.8 Å². The van der Waals surface area contributed by atoms with Gasteiger partial charge >= 0.3 is 0 Å². The number of nitrogens with zero attached hydrogens (tertiary/aromatic N) is 1. The van der Waals surface area contributed by atoms with Gasteiger partial charge in [-0.25, -0.2) is 0 Å². The Morgan fingerprint density at radius 2 is 1.90 bits per heavy atom. The molecule has 5 heteroatoms. The van der Waals surface area contributed by atoms with Crippen molar-refractivity contribution >= 4 is 23.2 Å². The molecule has 1 unspecified atom stereocenters. The number of halogens is 2. The van der Waals surface area contributed by atoms with Crippen molar-refractivity contribution in [1.82, 2.24) is 10.3 Å². The van der Waals surface area contributed by atoms with Crippen molar-refractivity contribution in [2.24, 2.45) is 0 Å². The molecule has 2 aromatic rings. The monoisotopic (exact) mass is 310 g/mol. The highest BCUT2D eigenvalue weighted by molar-refractivity contribution is 6.36. The number of aromatic nitrogens is 1. The number of nitrogens with one attached hydrogen (secondary N) is 1. The van der Waals surface area contributed by atoms with Crippen molar-refractivity contribution in [2.75, 3.05) is 13.7 Å². The summed E-state index contributed by atoms with van der Waals surface area (Å²) in [5, 5.41) is 4.58. The van der Waals surface area contributed by atoms with Crippen LogP contribution in [0.2, 0.25) is 10.0 Å². The van der Waals surface area contributed by atoms with Crippen LogP contribution in [-0.2, 0) is 0 Å². The topological polar surface area (TPSA) is 34.2 Å². The van der Waals surface area contributed by atoms with E-state index in [0.717, 1.165) is 17.8 Å². The lowest BCUT2D eigenvalue weighted by molar-refractivity contribution is 0.400. The number of hydrogen-bond donors (Lipinski definition) is 1. The molecule has 106 valence electrons. The fraction of sp³-hybridized carbons (Fsp3) is 0.267. The molecule has 0 radical (unpaired) electrons. The van der Waals surface area contributed by atoms with Gasteiger partial charge in [0.25, 0.3) is 0 Å². The van der Waals surface area contributed by atoms with Crippen molar-refractivity contribution in [1.29, 1.82) is 0 Å². The first kappa shape index (κ1) is 15.1. The third kappa shape index (κ3) is 3.06. The summed E-state index contributed by atoms with van der Waals surface area (Å²) < 4.78 is 5.39. The maximum atomic E-state index is 6.31. The van der Waals surface area contributed by atoms with E-state index in [1.54, 1.807) is 13.3 Å². The van der Waals surface area contributed by atoms with E-state index >= 15 is 0 Å². The lowest BCUT2D eigenvalue weighted by atomic mass is 10.0. The highest BCUT2D eigenvalue weighted by Gasteiger charge is 2.23. The molecule has 1 heterocycles. The molecule has 0 aliphatic rings. The number of ether oxygens (including phenoxy) is 1. The second kappa shape index (κ2) is 6.93. The van der Waals surface area contributed by atoms with Gasteiger partial charge in [0.2, 0.25) is 0 Å². The summed E-state index contributed by atoms with van der Waals surface area (Å²) in [6.07, 6.45) is 1.73. The second-order valence-electron chi connectivity index (χ2n) is 4.22.